The molecule has 2 aliphatic heterocycles. The summed E-state index contributed by atoms with van der Waals surface area (Å²) in [5, 5.41) is 21.1. The van der Waals surface area contributed by atoms with Crippen molar-refractivity contribution in [3.8, 4) is 0 Å². The lowest BCUT2D eigenvalue weighted by Gasteiger charge is -2.22. The minimum absolute atomic E-state index is 0.0806. The maximum absolute atomic E-state index is 11.7. The van der Waals surface area contributed by atoms with E-state index in [1.54, 1.807) is 0 Å². The summed E-state index contributed by atoms with van der Waals surface area (Å²) in [6.07, 6.45) is -1.80. The second-order valence-corrected chi connectivity index (χ2v) is 4.21. The summed E-state index contributed by atoms with van der Waals surface area (Å²) in [4.78, 5) is 22.7. The van der Waals surface area contributed by atoms with E-state index >= 15 is 0 Å². The Balaban J connectivity index is 2.22. The van der Waals surface area contributed by atoms with Gasteiger partial charge in [-0.2, -0.15) is 0 Å². The smallest absolute Gasteiger partial charge is 0.256 e. The lowest BCUT2D eigenvalue weighted by atomic mass is 9.98. The minimum atomic E-state index is -1.02. The molecule has 0 spiro atoms. The number of imide groups is 1. The monoisotopic (exact) mass is 257 g/mol. The molecule has 2 rings (SSSR count). The zero-order valence-electron chi connectivity index (χ0n) is 9.83. The molecule has 4 atom stereocenters. The van der Waals surface area contributed by atoms with Crippen LogP contribution in [0.3, 0.4) is 0 Å². The molecule has 18 heavy (non-hydrogen) atoms. The van der Waals surface area contributed by atoms with Gasteiger partial charge >= 0.3 is 0 Å². The molecule has 0 bridgehead atoms. The van der Waals surface area contributed by atoms with Gasteiger partial charge in [0, 0.05) is 19.1 Å². The lowest BCUT2D eigenvalue weighted by molar-refractivity contribution is -0.130. The number of hydrogen-bond acceptors (Lipinski definition) is 6. The highest BCUT2D eigenvalue weighted by Gasteiger charge is 2.47. The van der Waals surface area contributed by atoms with Crippen molar-refractivity contribution in [2.24, 2.45) is 0 Å². The Morgan fingerprint density at radius 3 is 2.83 bits per heavy atom. The van der Waals surface area contributed by atoms with Gasteiger partial charge in [-0.3, -0.25) is 14.9 Å². The van der Waals surface area contributed by atoms with Gasteiger partial charge in [0.1, 0.15) is 24.4 Å². The van der Waals surface area contributed by atoms with Crippen molar-refractivity contribution in [3.05, 3.63) is 11.6 Å². The molecular weight excluding hydrogens is 242 g/mol. The predicted octanol–water partition coefficient (Wildman–Crippen LogP) is -1.91. The second kappa shape index (κ2) is 5.15. The minimum Gasteiger partial charge on any atom is -0.394 e. The van der Waals surface area contributed by atoms with Crippen LogP contribution in [0.5, 0.6) is 0 Å². The second-order valence-electron chi connectivity index (χ2n) is 4.21. The van der Waals surface area contributed by atoms with Crippen molar-refractivity contribution >= 4 is 11.8 Å². The Hall–Kier alpha value is -1.28. The first-order valence-corrected chi connectivity index (χ1v) is 5.60. The van der Waals surface area contributed by atoms with Gasteiger partial charge in [0.25, 0.3) is 5.91 Å². The number of hydrogen-bond donors (Lipinski definition) is 3. The largest absolute Gasteiger partial charge is 0.394 e. The van der Waals surface area contributed by atoms with Crippen molar-refractivity contribution < 1.29 is 29.3 Å². The third kappa shape index (κ3) is 2.17. The number of carbonyl (C=O) groups is 2. The molecule has 2 aliphatic rings. The molecule has 0 aromatic heterocycles. The first kappa shape index (κ1) is 13.2. The maximum Gasteiger partial charge on any atom is 0.256 e. The Bertz CT molecular complexity index is 393. The summed E-state index contributed by atoms with van der Waals surface area (Å²) in [5.41, 5.74) is 0.247. The first-order valence-electron chi connectivity index (χ1n) is 5.60. The van der Waals surface area contributed by atoms with Crippen LogP contribution in [0.25, 0.3) is 0 Å². The van der Waals surface area contributed by atoms with Crippen LogP contribution in [0, 0.1) is 0 Å². The van der Waals surface area contributed by atoms with Crippen LogP contribution < -0.4 is 5.32 Å². The number of amides is 2. The van der Waals surface area contributed by atoms with Gasteiger partial charge in [0.15, 0.2) is 0 Å². The summed E-state index contributed by atoms with van der Waals surface area (Å²) >= 11 is 0. The SMILES string of the molecule is COC1[C@@H](O)[C@@H](CO)O[C@H]1C1=CCC(=O)NC1=O. The molecule has 100 valence electrons. The fourth-order valence-electron chi connectivity index (χ4n) is 2.19. The highest BCUT2D eigenvalue weighted by atomic mass is 16.6. The average molecular weight is 257 g/mol. The van der Waals surface area contributed by atoms with Crippen molar-refractivity contribution in [3.63, 3.8) is 0 Å². The molecule has 0 radical (unpaired) electrons. The third-order valence-corrected chi connectivity index (χ3v) is 3.12. The number of nitrogens with one attached hydrogen (secondary N) is 1. The van der Waals surface area contributed by atoms with Crippen LogP contribution in [0.4, 0.5) is 0 Å². The van der Waals surface area contributed by atoms with Crippen molar-refractivity contribution in [1.82, 2.24) is 5.32 Å². The van der Waals surface area contributed by atoms with E-state index in [2.05, 4.69) is 5.32 Å². The van der Waals surface area contributed by atoms with Crippen LogP contribution in [-0.2, 0) is 19.1 Å². The number of aliphatic hydroxyl groups is 2. The molecule has 0 aliphatic carbocycles. The van der Waals surface area contributed by atoms with Crippen molar-refractivity contribution in [1.29, 1.82) is 0 Å². The Labute approximate surface area is 103 Å². The highest BCUT2D eigenvalue weighted by molar-refractivity contribution is 6.08. The van der Waals surface area contributed by atoms with Crippen LogP contribution in [0.15, 0.2) is 11.6 Å². The maximum atomic E-state index is 11.7. The lowest BCUT2D eigenvalue weighted by Crippen LogP contribution is -2.43. The van der Waals surface area contributed by atoms with E-state index < -0.39 is 30.3 Å². The molecule has 7 nitrogen and oxygen atoms in total. The van der Waals surface area contributed by atoms with Gasteiger partial charge < -0.3 is 19.7 Å². The van der Waals surface area contributed by atoms with Gasteiger partial charge in [-0.15, -0.1) is 0 Å². The number of ether oxygens (including phenoxy) is 2. The number of methoxy groups -OCH3 is 1. The molecule has 0 aromatic rings. The summed E-state index contributed by atoms with van der Waals surface area (Å²) < 4.78 is 10.5. The molecule has 7 heteroatoms. The zero-order valence-corrected chi connectivity index (χ0v) is 9.83. The summed E-state index contributed by atoms with van der Waals surface area (Å²) in [6, 6.07) is 0. The molecule has 1 saturated heterocycles. The van der Waals surface area contributed by atoms with E-state index in [0.29, 0.717) is 0 Å². The first-order chi connectivity index (χ1) is 8.58. The average Bonchev–Trinajstić information content (AvgIpc) is 2.65. The van der Waals surface area contributed by atoms with E-state index in [4.69, 9.17) is 14.6 Å². The molecule has 0 saturated carbocycles. The van der Waals surface area contributed by atoms with Gasteiger partial charge in [-0.1, -0.05) is 6.08 Å². The number of rotatable bonds is 3. The normalized spacial score (nSPS) is 36.5. The van der Waals surface area contributed by atoms with E-state index in [1.807, 2.05) is 0 Å². The summed E-state index contributed by atoms with van der Waals surface area (Å²) in [6.45, 7) is -0.370. The van der Waals surface area contributed by atoms with Crippen molar-refractivity contribution in [2.45, 2.75) is 30.8 Å². The van der Waals surface area contributed by atoms with E-state index in [0.717, 1.165) is 0 Å². The fourth-order valence-corrected chi connectivity index (χ4v) is 2.19. The van der Waals surface area contributed by atoms with Crippen LogP contribution in [0.2, 0.25) is 0 Å². The van der Waals surface area contributed by atoms with Crippen molar-refractivity contribution in [2.75, 3.05) is 13.7 Å². The zero-order chi connectivity index (χ0) is 13.3. The fraction of sp³-hybridized carbons (Fsp3) is 0.636. The topological polar surface area (TPSA) is 105 Å². The van der Waals surface area contributed by atoms with E-state index in [9.17, 15) is 14.7 Å². The Morgan fingerprint density at radius 1 is 1.56 bits per heavy atom. The Kier molecular flexibility index (Phi) is 3.76. The van der Waals surface area contributed by atoms with E-state index in [1.165, 1.54) is 13.2 Å². The molecule has 2 amide bonds. The van der Waals surface area contributed by atoms with Gasteiger partial charge in [0.2, 0.25) is 5.91 Å². The standard InChI is InChI=1S/C11H15NO6/c1-17-10-8(15)6(4-13)18-9(10)5-2-3-7(14)12-11(5)16/h2,6,8-10,13,15H,3-4H2,1H3,(H,12,14,16)/t6-,8+,9+,10?/m1/s1. The Morgan fingerprint density at radius 2 is 2.28 bits per heavy atom. The van der Waals surface area contributed by atoms with E-state index in [-0.39, 0.29) is 24.5 Å². The molecule has 0 aromatic carbocycles. The van der Waals surface area contributed by atoms with Gasteiger partial charge in [-0.05, 0) is 0 Å². The van der Waals surface area contributed by atoms with Gasteiger partial charge in [-0.25, -0.2) is 0 Å². The molecule has 3 N–H and O–H groups in total. The molecular formula is C11H15NO6. The summed E-state index contributed by atoms with van der Waals surface area (Å²) in [5.74, 6) is -0.931. The number of aliphatic hydroxyl groups excluding tert-OH is 2. The highest BCUT2D eigenvalue weighted by Crippen LogP contribution is 2.29. The molecule has 1 fully saturated rings. The number of carbonyl (C=O) groups excluding carboxylic acids is 2. The molecule has 2 heterocycles. The van der Waals surface area contributed by atoms with Crippen LogP contribution in [0.1, 0.15) is 6.42 Å². The van der Waals surface area contributed by atoms with Crippen LogP contribution >= 0.6 is 0 Å². The molecule has 1 unspecified atom stereocenters. The summed E-state index contributed by atoms with van der Waals surface area (Å²) in [7, 11) is 1.39. The quantitative estimate of drug-likeness (QED) is 0.510. The third-order valence-electron chi connectivity index (χ3n) is 3.12. The predicted molar refractivity (Wildman–Crippen MR) is 58.4 cm³/mol. The van der Waals surface area contributed by atoms with Crippen LogP contribution in [-0.4, -0.2) is 60.2 Å². The van der Waals surface area contributed by atoms with Gasteiger partial charge in [0.05, 0.1) is 6.61 Å².